The van der Waals surface area contributed by atoms with E-state index in [0.29, 0.717) is 19.3 Å². The molecule has 3 aromatic carbocycles. The minimum absolute atomic E-state index is 0.0507. The van der Waals surface area contributed by atoms with Crippen LogP contribution in [-0.2, 0) is 19.3 Å². The Morgan fingerprint density at radius 1 is 0.360 bits per heavy atom. The Hall–Kier alpha value is -6.09. The molecule has 9 heteroatoms. The van der Waals surface area contributed by atoms with Gasteiger partial charge in [-0.1, -0.05) is 201 Å². The van der Waals surface area contributed by atoms with E-state index in [1.807, 2.05) is 6.08 Å². The summed E-state index contributed by atoms with van der Waals surface area (Å²) in [5.41, 5.74) is 2.35. The Bertz CT molecular complexity index is 2140. The van der Waals surface area contributed by atoms with Gasteiger partial charge < -0.3 is 30.6 Å². The minimum Gasteiger partial charge on any atom is -0.507 e. The molecule has 75 heavy (non-hydrogen) atoms. The van der Waals surface area contributed by atoms with Crippen LogP contribution in [0.1, 0.15) is 241 Å². The van der Waals surface area contributed by atoms with Gasteiger partial charge in [0.05, 0.1) is 0 Å². The number of unbranched alkanes of at least 4 members (excludes halogenated alkanes) is 20. The average Bonchev–Trinajstić information content (AvgIpc) is 3.38. The lowest BCUT2D eigenvalue weighted by Gasteiger charge is -2.07. The fraction of sp³-hybridized carbons (Fsp3) is 0.500. The second-order valence-electron chi connectivity index (χ2n) is 19.3. The molecule has 0 atom stereocenters. The number of hydrogen-bond acceptors (Lipinski definition) is 6. The number of phenols is 3. The average molecular weight is 1030 g/mol. The van der Waals surface area contributed by atoms with E-state index in [4.69, 9.17) is 0 Å². The summed E-state index contributed by atoms with van der Waals surface area (Å²) >= 11 is 0. The normalized spacial score (nSPS) is 11.4. The third-order valence-electron chi connectivity index (χ3n) is 12.8. The zero-order chi connectivity index (χ0) is 55.0. The Kier molecular flexibility index (Phi) is 41.4. The highest BCUT2D eigenvalue weighted by Gasteiger charge is 2.16. The standard InChI is InChI=1S/C22H34O3.C22H32O3.C22H30O3/c3*1-2-3-4-5-6-7-8-9-10-11-12-13-14-16-19-17-15-18-20(23)21(19)22(24)25/h7-8,15,17-18,23H,2-6,9-14,16H2,1H3,(H,24,25);4-5,7-8,15,17-18,23H,2-3,6,9-14,16H2,1H3,(H,24,25);2,4-5,7-8,15,17-18,23H,1,3,6,9-14,16H2,(H,24,25)/b8-7+;2*5-4+,8-7+. The van der Waals surface area contributed by atoms with E-state index in [1.165, 1.54) is 121 Å². The second-order valence-corrected chi connectivity index (χ2v) is 19.3. The number of benzene rings is 3. The first-order valence-electron chi connectivity index (χ1n) is 28.5. The number of carboxylic acids is 3. The molecule has 0 fully saturated rings. The lowest BCUT2D eigenvalue weighted by Crippen LogP contribution is -2.03. The quantitative estimate of drug-likeness (QED) is 0.0239. The van der Waals surface area contributed by atoms with Crippen LogP contribution < -0.4 is 0 Å². The SMILES string of the molecule is C=CC/C=C/C/C=C/CCCCCCCc1cccc(O)c1C(=O)O.CCC/C=C/C/C=C/CCCCCCCc1cccc(O)c1C(=O)O.CCCCCC/C=C/CCCCCCCc1cccc(O)c1C(=O)O. The van der Waals surface area contributed by atoms with Crippen molar-refractivity contribution in [2.24, 2.45) is 0 Å². The van der Waals surface area contributed by atoms with Gasteiger partial charge in [0.25, 0.3) is 0 Å². The molecule has 0 aliphatic rings. The van der Waals surface area contributed by atoms with Crippen LogP contribution in [0.2, 0.25) is 0 Å². The molecule has 0 amide bonds. The third-order valence-corrected chi connectivity index (χ3v) is 12.8. The van der Waals surface area contributed by atoms with Crippen molar-refractivity contribution >= 4 is 17.9 Å². The zero-order valence-corrected chi connectivity index (χ0v) is 46.1. The number of allylic oxidation sites excluding steroid dienone is 11. The van der Waals surface area contributed by atoms with Crippen molar-refractivity contribution in [1.29, 1.82) is 0 Å². The van der Waals surface area contributed by atoms with Crippen molar-refractivity contribution in [1.82, 2.24) is 0 Å². The molecule has 0 bridgehead atoms. The van der Waals surface area contributed by atoms with E-state index in [-0.39, 0.29) is 33.9 Å². The van der Waals surface area contributed by atoms with Gasteiger partial charge in [-0.2, -0.15) is 0 Å². The number of aryl methyl sites for hydroxylation is 3. The highest BCUT2D eigenvalue weighted by atomic mass is 16.4. The van der Waals surface area contributed by atoms with E-state index in [1.54, 1.807) is 36.4 Å². The summed E-state index contributed by atoms with van der Waals surface area (Å²) in [5.74, 6) is -3.57. The molecule has 3 rings (SSSR count). The van der Waals surface area contributed by atoms with E-state index >= 15 is 0 Å². The second kappa shape index (κ2) is 46.4. The molecule has 0 aliphatic heterocycles. The van der Waals surface area contributed by atoms with Gasteiger partial charge in [0.1, 0.15) is 33.9 Å². The molecular formula is C66H96O9. The first kappa shape index (κ1) is 66.9. The summed E-state index contributed by atoms with van der Waals surface area (Å²) in [6.07, 6.45) is 58.6. The monoisotopic (exact) mass is 1030 g/mol. The molecule has 6 N–H and O–H groups in total. The predicted octanol–water partition coefficient (Wildman–Crippen LogP) is 18.8. The van der Waals surface area contributed by atoms with Crippen LogP contribution in [0.5, 0.6) is 17.2 Å². The Morgan fingerprint density at radius 2 is 0.640 bits per heavy atom. The van der Waals surface area contributed by atoms with Crippen LogP contribution in [0.4, 0.5) is 0 Å². The molecule has 414 valence electrons. The van der Waals surface area contributed by atoms with Crippen molar-refractivity contribution in [3.05, 3.63) is 161 Å². The van der Waals surface area contributed by atoms with Crippen molar-refractivity contribution in [2.45, 2.75) is 213 Å². The summed E-state index contributed by atoms with van der Waals surface area (Å²) in [5, 5.41) is 56.6. The molecule has 0 saturated heterocycles. The fourth-order valence-electron chi connectivity index (χ4n) is 8.63. The number of aromatic carboxylic acids is 3. The van der Waals surface area contributed by atoms with Crippen LogP contribution in [0, 0.1) is 0 Å². The molecule has 9 nitrogen and oxygen atoms in total. The van der Waals surface area contributed by atoms with Gasteiger partial charge in [-0.25, -0.2) is 14.4 Å². The summed E-state index contributed by atoms with van der Waals surface area (Å²) in [6, 6.07) is 14.8. The van der Waals surface area contributed by atoms with Gasteiger partial charge in [0.2, 0.25) is 0 Å². The number of hydrogen-bond donors (Lipinski definition) is 6. The van der Waals surface area contributed by atoms with E-state index in [0.717, 1.165) is 93.7 Å². The van der Waals surface area contributed by atoms with Gasteiger partial charge in [-0.05, 0) is 150 Å². The molecular weight excluding hydrogens is 937 g/mol. The zero-order valence-electron chi connectivity index (χ0n) is 46.1. The van der Waals surface area contributed by atoms with Crippen molar-refractivity contribution in [2.75, 3.05) is 0 Å². The van der Waals surface area contributed by atoms with Gasteiger partial charge in [-0.3, -0.25) is 0 Å². The first-order chi connectivity index (χ1) is 36.5. The van der Waals surface area contributed by atoms with Crippen LogP contribution >= 0.6 is 0 Å². The lowest BCUT2D eigenvalue weighted by atomic mass is 9.99. The Morgan fingerprint density at radius 3 is 0.960 bits per heavy atom. The molecule has 0 radical (unpaired) electrons. The molecule has 0 saturated carbocycles. The molecule has 3 aromatic rings. The van der Waals surface area contributed by atoms with Crippen LogP contribution in [0.25, 0.3) is 0 Å². The van der Waals surface area contributed by atoms with Crippen LogP contribution in [0.15, 0.2) is 128 Å². The highest BCUT2D eigenvalue weighted by Crippen LogP contribution is 2.26. The van der Waals surface area contributed by atoms with Crippen molar-refractivity contribution < 1.29 is 45.0 Å². The third kappa shape index (κ3) is 34.2. The van der Waals surface area contributed by atoms with E-state index < -0.39 is 17.9 Å². The smallest absolute Gasteiger partial charge is 0.339 e. The highest BCUT2D eigenvalue weighted by molar-refractivity contribution is 5.93. The number of carbonyl (C=O) groups is 3. The van der Waals surface area contributed by atoms with E-state index in [9.17, 15) is 45.0 Å². The number of carboxylic acid groups (broad SMARTS) is 3. The van der Waals surface area contributed by atoms with Crippen molar-refractivity contribution in [3.63, 3.8) is 0 Å². The Balaban J connectivity index is 0.000000562. The summed E-state index contributed by atoms with van der Waals surface area (Å²) in [6.45, 7) is 8.11. The fourth-order valence-corrected chi connectivity index (χ4v) is 8.63. The summed E-state index contributed by atoms with van der Waals surface area (Å²) in [4.78, 5) is 33.6. The summed E-state index contributed by atoms with van der Waals surface area (Å²) < 4.78 is 0. The number of rotatable bonds is 40. The lowest BCUT2D eigenvalue weighted by molar-refractivity contribution is 0.0681. The van der Waals surface area contributed by atoms with Crippen molar-refractivity contribution in [3.8, 4) is 17.2 Å². The van der Waals surface area contributed by atoms with Gasteiger partial charge in [0, 0.05) is 0 Å². The number of aromatic hydroxyl groups is 3. The topological polar surface area (TPSA) is 173 Å². The Labute approximate surface area is 452 Å². The molecule has 0 heterocycles. The summed E-state index contributed by atoms with van der Waals surface area (Å²) in [7, 11) is 0. The van der Waals surface area contributed by atoms with Crippen LogP contribution in [-0.4, -0.2) is 48.5 Å². The maximum Gasteiger partial charge on any atom is 0.339 e. The molecule has 0 aliphatic carbocycles. The maximum atomic E-state index is 11.2. The largest absolute Gasteiger partial charge is 0.507 e. The minimum atomic E-state index is -1.06. The van der Waals surface area contributed by atoms with Gasteiger partial charge >= 0.3 is 17.9 Å². The molecule has 0 spiro atoms. The molecule has 0 unspecified atom stereocenters. The van der Waals surface area contributed by atoms with Gasteiger partial charge in [0.15, 0.2) is 0 Å². The van der Waals surface area contributed by atoms with E-state index in [2.05, 4.69) is 81.2 Å². The maximum absolute atomic E-state index is 11.2. The van der Waals surface area contributed by atoms with Gasteiger partial charge in [-0.15, -0.1) is 6.58 Å². The molecule has 0 aromatic heterocycles. The predicted molar refractivity (Wildman–Crippen MR) is 313 cm³/mol. The first-order valence-corrected chi connectivity index (χ1v) is 28.5. The van der Waals surface area contributed by atoms with Crippen LogP contribution in [0.3, 0.4) is 0 Å².